The van der Waals surface area contributed by atoms with Crippen molar-refractivity contribution < 1.29 is 0 Å². The Hall–Kier alpha value is -2.05. The molecule has 0 aliphatic carbocycles. The maximum Gasteiger partial charge on any atom is 0.278 e. The van der Waals surface area contributed by atoms with E-state index in [0.29, 0.717) is 33.6 Å². The molecule has 8 heteroatoms. The van der Waals surface area contributed by atoms with Gasteiger partial charge in [0.05, 0.1) is 15.7 Å². The molecule has 1 aromatic carbocycles. The van der Waals surface area contributed by atoms with Crippen LogP contribution in [0.1, 0.15) is 24.6 Å². The summed E-state index contributed by atoms with van der Waals surface area (Å²) in [5, 5.41) is 8.51. The van der Waals surface area contributed by atoms with Gasteiger partial charge >= 0.3 is 0 Å². The Bertz CT molecular complexity index is 948. The van der Waals surface area contributed by atoms with Crippen molar-refractivity contribution in [3.63, 3.8) is 0 Å². The molecule has 24 heavy (non-hydrogen) atoms. The molecule has 0 bridgehead atoms. The number of hydrogen-bond acceptors (Lipinski definition) is 4. The Morgan fingerprint density at radius 1 is 1.29 bits per heavy atom. The van der Waals surface area contributed by atoms with E-state index in [-0.39, 0.29) is 5.56 Å². The molecule has 0 fully saturated rings. The minimum Gasteiger partial charge on any atom is -0.352 e. The van der Waals surface area contributed by atoms with Gasteiger partial charge in [0.2, 0.25) is 5.95 Å². The Labute approximate surface area is 148 Å². The van der Waals surface area contributed by atoms with E-state index in [9.17, 15) is 4.79 Å². The number of aryl methyl sites for hydroxylation is 2. The zero-order chi connectivity index (χ0) is 17.3. The van der Waals surface area contributed by atoms with Gasteiger partial charge in [-0.25, -0.2) is 4.98 Å². The summed E-state index contributed by atoms with van der Waals surface area (Å²) in [6.07, 6.45) is 1.71. The molecule has 0 unspecified atom stereocenters. The fourth-order valence-electron chi connectivity index (χ4n) is 2.57. The molecule has 0 spiro atoms. The van der Waals surface area contributed by atoms with Gasteiger partial charge in [-0.3, -0.25) is 14.5 Å². The second-order valence-corrected chi connectivity index (χ2v) is 6.35. The molecule has 0 amide bonds. The van der Waals surface area contributed by atoms with Crippen molar-refractivity contribution >= 4 is 40.2 Å². The van der Waals surface area contributed by atoms with Gasteiger partial charge in [-0.2, -0.15) is 5.10 Å². The summed E-state index contributed by atoms with van der Waals surface area (Å²) in [5.41, 5.74) is 2.68. The van der Waals surface area contributed by atoms with E-state index in [1.54, 1.807) is 23.9 Å². The van der Waals surface area contributed by atoms with E-state index in [0.717, 1.165) is 24.1 Å². The van der Waals surface area contributed by atoms with Crippen molar-refractivity contribution in [2.45, 2.75) is 26.3 Å². The van der Waals surface area contributed by atoms with Crippen LogP contribution in [0.3, 0.4) is 0 Å². The minimum absolute atomic E-state index is 0.214. The fraction of sp³-hybridized carbons (Fsp3) is 0.312. The van der Waals surface area contributed by atoms with Crippen molar-refractivity contribution in [2.75, 3.05) is 5.32 Å². The van der Waals surface area contributed by atoms with Crippen LogP contribution in [-0.4, -0.2) is 19.7 Å². The molecule has 2 N–H and O–H groups in total. The lowest BCUT2D eigenvalue weighted by Crippen LogP contribution is -2.15. The summed E-state index contributed by atoms with van der Waals surface area (Å²) in [6.45, 7) is 2.53. The highest BCUT2D eigenvalue weighted by Gasteiger charge is 2.14. The zero-order valence-corrected chi connectivity index (χ0v) is 14.9. The summed E-state index contributed by atoms with van der Waals surface area (Å²) >= 11 is 11.9. The second kappa shape index (κ2) is 6.83. The van der Waals surface area contributed by atoms with Gasteiger partial charge in [0.1, 0.15) is 5.52 Å². The van der Waals surface area contributed by atoms with E-state index < -0.39 is 0 Å². The van der Waals surface area contributed by atoms with Gasteiger partial charge in [0, 0.05) is 13.6 Å². The number of aromatic nitrogens is 4. The Kier molecular flexibility index (Phi) is 4.78. The standard InChI is InChI=1S/C16H17Cl2N5O/c1-3-4-12-13-14(23(2)22-12)15(24)21-16(20-13)19-8-9-5-6-10(17)11(18)7-9/h5-7H,3-4,8H2,1-2H3,(H2,19,20,21,24). The van der Waals surface area contributed by atoms with Crippen LogP contribution in [0.4, 0.5) is 5.95 Å². The molecule has 0 atom stereocenters. The first-order chi connectivity index (χ1) is 11.5. The van der Waals surface area contributed by atoms with E-state index in [4.69, 9.17) is 23.2 Å². The smallest absolute Gasteiger partial charge is 0.278 e. The highest BCUT2D eigenvalue weighted by molar-refractivity contribution is 6.42. The lowest BCUT2D eigenvalue weighted by Gasteiger charge is -2.07. The van der Waals surface area contributed by atoms with Crippen LogP contribution in [0.5, 0.6) is 0 Å². The van der Waals surface area contributed by atoms with E-state index in [2.05, 4.69) is 27.3 Å². The number of H-pyrrole nitrogens is 1. The Morgan fingerprint density at radius 2 is 2.08 bits per heavy atom. The molecule has 0 radical (unpaired) electrons. The first kappa shape index (κ1) is 16.8. The minimum atomic E-state index is -0.214. The summed E-state index contributed by atoms with van der Waals surface area (Å²) in [6, 6.07) is 5.38. The third-order valence-electron chi connectivity index (χ3n) is 3.69. The van der Waals surface area contributed by atoms with Crippen molar-refractivity contribution in [1.82, 2.24) is 19.7 Å². The third kappa shape index (κ3) is 3.25. The van der Waals surface area contributed by atoms with Crippen molar-refractivity contribution in [3.05, 3.63) is 49.9 Å². The maximum atomic E-state index is 12.3. The molecular formula is C16H17Cl2N5O. The van der Waals surface area contributed by atoms with Crippen LogP contribution in [0.15, 0.2) is 23.0 Å². The molecule has 0 saturated carbocycles. The maximum absolute atomic E-state index is 12.3. The van der Waals surface area contributed by atoms with E-state index >= 15 is 0 Å². The predicted molar refractivity (Wildman–Crippen MR) is 96.9 cm³/mol. The second-order valence-electron chi connectivity index (χ2n) is 5.53. The fourth-order valence-corrected chi connectivity index (χ4v) is 2.89. The van der Waals surface area contributed by atoms with Crippen molar-refractivity contribution in [1.29, 1.82) is 0 Å². The third-order valence-corrected chi connectivity index (χ3v) is 4.43. The molecule has 0 aliphatic heterocycles. The first-order valence-corrected chi connectivity index (χ1v) is 8.39. The van der Waals surface area contributed by atoms with Gasteiger partial charge in [0.15, 0.2) is 5.52 Å². The highest BCUT2D eigenvalue weighted by Crippen LogP contribution is 2.23. The largest absolute Gasteiger partial charge is 0.352 e. The molecule has 3 rings (SSSR count). The molecular weight excluding hydrogens is 349 g/mol. The van der Waals surface area contributed by atoms with Crippen LogP contribution < -0.4 is 10.9 Å². The molecule has 2 aromatic heterocycles. The summed E-state index contributed by atoms with van der Waals surface area (Å²) in [4.78, 5) is 19.6. The molecule has 2 heterocycles. The number of benzene rings is 1. The number of nitrogens with zero attached hydrogens (tertiary/aromatic N) is 3. The van der Waals surface area contributed by atoms with Crippen molar-refractivity contribution in [2.24, 2.45) is 7.05 Å². The summed E-state index contributed by atoms with van der Waals surface area (Å²) < 4.78 is 1.58. The average molecular weight is 366 g/mol. The molecule has 0 aliphatic rings. The van der Waals surface area contributed by atoms with Gasteiger partial charge in [-0.05, 0) is 24.1 Å². The molecule has 126 valence electrons. The topological polar surface area (TPSA) is 75.6 Å². The normalized spacial score (nSPS) is 11.2. The Morgan fingerprint density at radius 3 is 2.79 bits per heavy atom. The first-order valence-electron chi connectivity index (χ1n) is 7.63. The SMILES string of the molecule is CCCc1nn(C)c2c(=O)[nH]c(NCc3ccc(Cl)c(Cl)c3)nc12. The van der Waals surface area contributed by atoms with Gasteiger partial charge in [0.25, 0.3) is 5.56 Å². The van der Waals surface area contributed by atoms with Gasteiger partial charge in [-0.15, -0.1) is 0 Å². The highest BCUT2D eigenvalue weighted by atomic mass is 35.5. The quantitative estimate of drug-likeness (QED) is 0.724. The number of fused-ring (bicyclic) bond motifs is 1. The lowest BCUT2D eigenvalue weighted by molar-refractivity contribution is 0.751. The van der Waals surface area contributed by atoms with Crippen LogP contribution in [0.25, 0.3) is 11.0 Å². The number of halogens is 2. The number of aromatic amines is 1. The summed E-state index contributed by atoms with van der Waals surface area (Å²) in [7, 11) is 1.75. The van der Waals surface area contributed by atoms with E-state index in [1.165, 1.54) is 0 Å². The van der Waals surface area contributed by atoms with Gasteiger partial charge < -0.3 is 5.32 Å². The number of nitrogens with one attached hydrogen (secondary N) is 2. The van der Waals surface area contributed by atoms with E-state index in [1.807, 2.05) is 6.07 Å². The lowest BCUT2D eigenvalue weighted by atomic mass is 10.2. The number of hydrogen-bond donors (Lipinski definition) is 2. The average Bonchev–Trinajstić information content (AvgIpc) is 2.85. The summed E-state index contributed by atoms with van der Waals surface area (Å²) in [5.74, 6) is 0.406. The zero-order valence-electron chi connectivity index (χ0n) is 13.4. The van der Waals surface area contributed by atoms with Crippen LogP contribution >= 0.6 is 23.2 Å². The van der Waals surface area contributed by atoms with Gasteiger partial charge in [-0.1, -0.05) is 42.6 Å². The molecule has 6 nitrogen and oxygen atoms in total. The number of rotatable bonds is 5. The van der Waals surface area contributed by atoms with Crippen molar-refractivity contribution in [3.8, 4) is 0 Å². The van der Waals surface area contributed by atoms with Crippen LogP contribution in [-0.2, 0) is 20.0 Å². The molecule has 3 aromatic rings. The predicted octanol–water partition coefficient (Wildman–Crippen LogP) is 3.53. The monoisotopic (exact) mass is 365 g/mol. The van der Waals surface area contributed by atoms with Crippen LogP contribution in [0, 0.1) is 0 Å². The van der Waals surface area contributed by atoms with Crippen LogP contribution in [0.2, 0.25) is 10.0 Å². The molecule has 0 saturated heterocycles. The number of anilines is 1. The Balaban J connectivity index is 1.90.